The molecule has 0 aromatic heterocycles. The Hall–Kier alpha value is -2.76. The molecule has 0 saturated heterocycles. The Morgan fingerprint density at radius 2 is 1.25 bits per heavy atom. The third-order valence-electron chi connectivity index (χ3n) is 4.61. The van der Waals surface area contributed by atoms with Crippen molar-refractivity contribution in [2.24, 2.45) is 0 Å². The molecule has 3 aromatic carbocycles. The summed E-state index contributed by atoms with van der Waals surface area (Å²) >= 11 is 0. The summed E-state index contributed by atoms with van der Waals surface area (Å²) in [6.45, 7) is 1.40. The lowest BCUT2D eigenvalue weighted by molar-refractivity contribution is -0.429. The van der Waals surface area contributed by atoms with Gasteiger partial charge in [-0.15, -0.1) is 0 Å². The first-order valence-electron chi connectivity index (χ1n) is 9.47. The molecule has 3 nitrogen and oxygen atoms in total. The average molecular weight is 384 g/mol. The quantitative estimate of drug-likeness (QED) is 0.615. The molecule has 5 heteroatoms. The molecule has 146 valence electrons. The summed E-state index contributed by atoms with van der Waals surface area (Å²) in [5.74, 6) is 0.157. The van der Waals surface area contributed by atoms with Crippen LogP contribution >= 0.6 is 0 Å². The van der Waals surface area contributed by atoms with Gasteiger partial charge in [0.15, 0.2) is 0 Å². The molecule has 0 radical (unpaired) electrons. The Balaban J connectivity index is 1.91. The van der Waals surface area contributed by atoms with Crippen LogP contribution in [0, 0.1) is 11.6 Å². The van der Waals surface area contributed by atoms with Crippen molar-refractivity contribution in [3.8, 4) is 28.0 Å². The van der Waals surface area contributed by atoms with E-state index in [0.29, 0.717) is 12.4 Å². The highest BCUT2D eigenvalue weighted by Crippen LogP contribution is 2.32. The molecule has 28 heavy (non-hydrogen) atoms. The summed E-state index contributed by atoms with van der Waals surface area (Å²) in [7, 11) is 0. The van der Waals surface area contributed by atoms with Gasteiger partial charge in [-0.25, -0.2) is 8.78 Å². The van der Waals surface area contributed by atoms with Crippen LogP contribution in [0.2, 0.25) is 0 Å². The Labute approximate surface area is 163 Å². The van der Waals surface area contributed by atoms with E-state index in [2.05, 4.69) is 11.5 Å². The topological polar surface area (TPSA) is 64.5 Å². The molecule has 3 rings (SSSR count). The Morgan fingerprint density at radius 3 is 1.71 bits per heavy atom. The van der Waals surface area contributed by atoms with Gasteiger partial charge in [0.25, 0.3) is 0 Å². The summed E-state index contributed by atoms with van der Waals surface area (Å²) < 4.78 is 32.6. The van der Waals surface area contributed by atoms with Crippen LogP contribution in [0.4, 0.5) is 8.78 Å². The summed E-state index contributed by atoms with van der Waals surface area (Å²) in [6.07, 6.45) is 1.99. The molecule has 0 saturated carbocycles. The standard InChI is InChI=1S/C23H24F2N2O/c24-20-7-3-16(4-8-20)18-12-19(17-5-9-21(25)10-6-17)14-23(13-18)28-15-22(27)2-1-11-26/h3-10,12-14,22H,1-2,11,15,26-27H2/p+2/t22-/m1/s1. The molecule has 0 aliphatic heterocycles. The fraction of sp³-hybridized carbons (Fsp3) is 0.217. The van der Waals surface area contributed by atoms with Crippen molar-refractivity contribution in [2.75, 3.05) is 13.2 Å². The minimum atomic E-state index is -0.278. The van der Waals surface area contributed by atoms with E-state index < -0.39 is 0 Å². The maximum absolute atomic E-state index is 13.3. The SMILES string of the molecule is [NH3+]CCC[C@@H]([NH3+])COc1cc(-c2ccc(F)cc2)cc(-c2ccc(F)cc2)c1. The number of rotatable bonds is 8. The smallest absolute Gasteiger partial charge is 0.140 e. The lowest BCUT2D eigenvalue weighted by Crippen LogP contribution is -2.64. The minimum absolute atomic E-state index is 0.186. The van der Waals surface area contributed by atoms with Crippen LogP contribution in [0.3, 0.4) is 0 Å². The first-order valence-corrected chi connectivity index (χ1v) is 9.47. The van der Waals surface area contributed by atoms with E-state index in [-0.39, 0.29) is 17.7 Å². The number of hydrogen-bond acceptors (Lipinski definition) is 1. The summed E-state index contributed by atoms with van der Waals surface area (Å²) in [5, 5.41) is 0. The fourth-order valence-corrected chi connectivity index (χ4v) is 3.03. The normalized spacial score (nSPS) is 12.0. The summed E-state index contributed by atoms with van der Waals surface area (Å²) in [5.41, 5.74) is 11.6. The van der Waals surface area contributed by atoms with E-state index in [1.807, 2.05) is 18.2 Å². The molecule has 0 aliphatic carbocycles. The molecule has 0 fully saturated rings. The van der Waals surface area contributed by atoms with Crippen LogP contribution in [0.15, 0.2) is 66.7 Å². The highest BCUT2D eigenvalue weighted by molar-refractivity contribution is 5.75. The molecule has 0 aliphatic rings. The van der Waals surface area contributed by atoms with E-state index in [9.17, 15) is 8.78 Å². The maximum Gasteiger partial charge on any atom is 0.140 e. The molecule has 0 spiro atoms. The highest BCUT2D eigenvalue weighted by atomic mass is 19.1. The maximum atomic E-state index is 13.3. The third-order valence-corrected chi connectivity index (χ3v) is 4.61. The van der Waals surface area contributed by atoms with Gasteiger partial charge in [0.1, 0.15) is 30.0 Å². The molecule has 6 N–H and O–H groups in total. The predicted molar refractivity (Wildman–Crippen MR) is 106 cm³/mol. The molecule has 0 heterocycles. The van der Waals surface area contributed by atoms with Gasteiger partial charge in [-0.3, -0.25) is 0 Å². The van der Waals surface area contributed by atoms with Crippen molar-refractivity contribution in [3.63, 3.8) is 0 Å². The average Bonchev–Trinajstić information content (AvgIpc) is 2.71. The first-order chi connectivity index (χ1) is 13.5. The second kappa shape index (κ2) is 9.44. The lowest BCUT2D eigenvalue weighted by atomic mass is 9.98. The lowest BCUT2D eigenvalue weighted by Gasteiger charge is -2.14. The molecule has 0 unspecified atom stereocenters. The molecular formula is C23H26F2N2O+2. The van der Waals surface area contributed by atoms with Gasteiger partial charge < -0.3 is 16.2 Å². The van der Waals surface area contributed by atoms with Gasteiger partial charge in [-0.1, -0.05) is 24.3 Å². The zero-order valence-electron chi connectivity index (χ0n) is 15.8. The molecular weight excluding hydrogens is 358 g/mol. The van der Waals surface area contributed by atoms with Gasteiger partial charge in [0.05, 0.1) is 6.54 Å². The predicted octanol–water partition coefficient (Wildman–Crippen LogP) is 3.31. The summed E-state index contributed by atoms with van der Waals surface area (Å²) in [6, 6.07) is 18.8. The molecule has 0 amide bonds. The molecule has 0 bridgehead atoms. The van der Waals surface area contributed by atoms with Crippen LogP contribution in [-0.4, -0.2) is 19.2 Å². The van der Waals surface area contributed by atoms with E-state index in [0.717, 1.165) is 41.6 Å². The van der Waals surface area contributed by atoms with E-state index >= 15 is 0 Å². The van der Waals surface area contributed by atoms with Crippen LogP contribution < -0.4 is 16.2 Å². The van der Waals surface area contributed by atoms with Crippen LogP contribution in [0.5, 0.6) is 5.75 Å². The fourth-order valence-electron chi connectivity index (χ4n) is 3.03. The Kier molecular flexibility index (Phi) is 6.74. The largest absolute Gasteiger partial charge is 0.487 e. The van der Waals surface area contributed by atoms with E-state index in [1.165, 1.54) is 24.3 Å². The Morgan fingerprint density at radius 1 is 0.750 bits per heavy atom. The van der Waals surface area contributed by atoms with Crippen molar-refractivity contribution >= 4 is 0 Å². The Bertz CT molecular complexity index is 832. The number of quaternary nitrogens is 2. The van der Waals surface area contributed by atoms with Crippen molar-refractivity contribution in [1.82, 2.24) is 0 Å². The van der Waals surface area contributed by atoms with Crippen molar-refractivity contribution in [3.05, 3.63) is 78.4 Å². The van der Waals surface area contributed by atoms with Crippen molar-refractivity contribution in [1.29, 1.82) is 0 Å². The number of halogens is 2. The van der Waals surface area contributed by atoms with Gasteiger partial charge in [-0.05, 0) is 64.7 Å². The van der Waals surface area contributed by atoms with Gasteiger partial charge in [-0.2, -0.15) is 0 Å². The second-order valence-electron chi connectivity index (χ2n) is 6.93. The van der Waals surface area contributed by atoms with Crippen molar-refractivity contribution in [2.45, 2.75) is 18.9 Å². The zero-order valence-corrected chi connectivity index (χ0v) is 15.8. The molecule has 3 aromatic rings. The van der Waals surface area contributed by atoms with Gasteiger partial charge in [0, 0.05) is 12.8 Å². The van der Waals surface area contributed by atoms with E-state index in [1.54, 1.807) is 24.3 Å². The summed E-state index contributed by atoms with van der Waals surface area (Å²) in [4.78, 5) is 0. The number of benzene rings is 3. The van der Waals surface area contributed by atoms with Gasteiger partial charge in [0.2, 0.25) is 0 Å². The first kappa shape index (κ1) is 20.0. The van der Waals surface area contributed by atoms with Crippen LogP contribution in [0.25, 0.3) is 22.3 Å². The molecule has 1 atom stereocenters. The zero-order chi connectivity index (χ0) is 19.9. The third kappa shape index (κ3) is 5.38. The van der Waals surface area contributed by atoms with Crippen LogP contribution in [0.1, 0.15) is 12.8 Å². The number of hydrogen-bond donors (Lipinski definition) is 2. The number of ether oxygens (including phenoxy) is 1. The second-order valence-corrected chi connectivity index (χ2v) is 6.93. The monoisotopic (exact) mass is 384 g/mol. The highest BCUT2D eigenvalue weighted by Gasteiger charge is 2.11. The van der Waals surface area contributed by atoms with Crippen LogP contribution in [-0.2, 0) is 0 Å². The van der Waals surface area contributed by atoms with Gasteiger partial charge >= 0.3 is 0 Å². The van der Waals surface area contributed by atoms with E-state index in [4.69, 9.17) is 4.74 Å². The van der Waals surface area contributed by atoms with Crippen molar-refractivity contribution < 1.29 is 25.0 Å². The minimum Gasteiger partial charge on any atom is -0.487 e.